The first-order chi connectivity index (χ1) is 9.80. The Morgan fingerprint density at radius 1 is 1.30 bits per heavy atom. The summed E-state index contributed by atoms with van der Waals surface area (Å²) in [5.41, 5.74) is 2.95. The van der Waals surface area contributed by atoms with E-state index in [2.05, 4.69) is 49.1 Å². The number of fused-ring (bicyclic) bond motifs is 1. The van der Waals surface area contributed by atoms with E-state index in [1.54, 1.807) is 7.11 Å². The lowest BCUT2D eigenvalue weighted by Crippen LogP contribution is -2.35. The minimum atomic E-state index is 0.477. The quantitative estimate of drug-likeness (QED) is 0.814. The van der Waals surface area contributed by atoms with Gasteiger partial charge in [-0.15, -0.1) is 0 Å². The molecule has 0 spiro atoms. The van der Waals surface area contributed by atoms with E-state index in [-0.39, 0.29) is 0 Å². The third-order valence-electron chi connectivity index (χ3n) is 3.91. The molecule has 0 saturated carbocycles. The first-order valence-electron chi connectivity index (χ1n) is 7.82. The van der Waals surface area contributed by atoms with Crippen molar-refractivity contribution in [2.45, 2.75) is 50.8 Å². The molecule has 1 N–H and O–H groups in total. The Kier molecular flexibility index (Phi) is 6.24. The third kappa shape index (κ3) is 3.70. The molecule has 2 atom stereocenters. The van der Waals surface area contributed by atoms with Gasteiger partial charge in [0.15, 0.2) is 0 Å². The van der Waals surface area contributed by atoms with Crippen molar-refractivity contribution in [1.29, 1.82) is 0 Å². The predicted octanol–water partition coefficient (Wildman–Crippen LogP) is 4.19. The number of methoxy groups -OCH3 is 1. The Hall–Kier alpha value is -0.670. The summed E-state index contributed by atoms with van der Waals surface area (Å²) in [4.78, 5) is 0. The number of hydrogen-bond donors (Lipinski definition) is 1. The van der Waals surface area contributed by atoms with Crippen LogP contribution in [0.1, 0.15) is 50.3 Å². The molecule has 0 amide bonds. The zero-order valence-corrected chi connectivity index (χ0v) is 13.8. The standard InChI is InChI=1S/C17H27NOS/c1-4-10-18-17-15-12-14(19-3)8-6-13(15)7-9-16(17)20-11-5-2/h6,8,12,16-18H,4-5,7,9-11H2,1-3H3. The van der Waals surface area contributed by atoms with Crippen molar-refractivity contribution >= 4 is 11.8 Å². The Morgan fingerprint density at radius 3 is 2.85 bits per heavy atom. The fourth-order valence-corrected chi connectivity index (χ4v) is 4.13. The second-order valence-corrected chi connectivity index (χ2v) is 6.79. The second-order valence-electron chi connectivity index (χ2n) is 5.44. The maximum absolute atomic E-state index is 5.41. The van der Waals surface area contributed by atoms with Gasteiger partial charge in [0.25, 0.3) is 0 Å². The van der Waals surface area contributed by atoms with Gasteiger partial charge in [-0.2, -0.15) is 11.8 Å². The summed E-state index contributed by atoms with van der Waals surface area (Å²) in [5, 5.41) is 4.46. The molecule has 1 aliphatic rings. The molecule has 1 aliphatic carbocycles. The Labute approximate surface area is 127 Å². The van der Waals surface area contributed by atoms with E-state index in [4.69, 9.17) is 4.74 Å². The second kappa shape index (κ2) is 7.94. The highest BCUT2D eigenvalue weighted by Crippen LogP contribution is 2.38. The summed E-state index contributed by atoms with van der Waals surface area (Å²) in [6, 6.07) is 7.05. The summed E-state index contributed by atoms with van der Waals surface area (Å²) in [6.45, 7) is 5.59. The molecule has 3 heteroatoms. The molecule has 2 nitrogen and oxygen atoms in total. The van der Waals surface area contributed by atoms with Crippen molar-refractivity contribution in [1.82, 2.24) is 5.32 Å². The van der Waals surface area contributed by atoms with Gasteiger partial charge in [-0.05, 0) is 61.2 Å². The number of benzene rings is 1. The van der Waals surface area contributed by atoms with Crippen LogP contribution >= 0.6 is 11.8 Å². The van der Waals surface area contributed by atoms with Gasteiger partial charge >= 0.3 is 0 Å². The predicted molar refractivity (Wildman–Crippen MR) is 88.9 cm³/mol. The van der Waals surface area contributed by atoms with Gasteiger partial charge in [0.2, 0.25) is 0 Å². The van der Waals surface area contributed by atoms with Crippen LogP contribution < -0.4 is 10.1 Å². The van der Waals surface area contributed by atoms with Gasteiger partial charge in [0.1, 0.15) is 5.75 Å². The summed E-state index contributed by atoms with van der Waals surface area (Å²) < 4.78 is 5.41. The molecule has 0 aliphatic heterocycles. The maximum atomic E-state index is 5.41. The number of ether oxygens (including phenoxy) is 1. The van der Waals surface area contributed by atoms with Crippen molar-refractivity contribution in [2.75, 3.05) is 19.4 Å². The van der Waals surface area contributed by atoms with Gasteiger partial charge in [-0.1, -0.05) is 19.9 Å². The molecule has 2 rings (SSSR count). The van der Waals surface area contributed by atoms with Crippen molar-refractivity contribution in [3.05, 3.63) is 29.3 Å². The molecule has 0 aromatic heterocycles. The highest BCUT2D eigenvalue weighted by atomic mass is 32.2. The van der Waals surface area contributed by atoms with E-state index in [0.29, 0.717) is 11.3 Å². The van der Waals surface area contributed by atoms with Gasteiger partial charge in [0.05, 0.1) is 7.11 Å². The monoisotopic (exact) mass is 293 g/mol. The van der Waals surface area contributed by atoms with Gasteiger partial charge in [-0.3, -0.25) is 0 Å². The van der Waals surface area contributed by atoms with E-state index in [0.717, 1.165) is 12.3 Å². The molecular formula is C17H27NOS. The van der Waals surface area contributed by atoms with Crippen molar-refractivity contribution < 1.29 is 4.74 Å². The summed E-state index contributed by atoms with van der Waals surface area (Å²) >= 11 is 2.13. The molecule has 20 heavy (non-hydrogen) atoms. The van der Waals surface area contributed by atoms with E-state index in [9.17, 15) is 0 Å². The summed E-state index contributed by atoms with van der Waals surface area (Å²) in [7, 11) is 1.75. The average Bonchev–Trinajstić information content (AvgIpc) is 2.50. The topological polar surface area (TPSA) is 21.3 Å². The number of nitrogens with one attached hydrogen (secondary N) is 1. The number of rotatable bonds is 7. The van der Waals surface area contributed by atoms with E-state index >= 15 is 0 Å². The van der Waals surface area contributed by atoms with E-state index < -0.39 is 0 Å². The van der Waals surface area contributed by atoms with Crippen molar-refractivity contribution in [3.8, 4) is 5.75 Å². The lowest BCUT2D eigenvalue weighted by Gasteiger charge is -2.34. The first kappa shape index (κ1) is 15.7. The summed E-state index contributed by atoms with van der Waals surface area (Å²) in [5.74, 6) is 2.24. The number of hydrogen-bond acceptors (Lipinski definition) is 3. The van der Waals surface area contributed by atoms with Crippen LogP contribution in [0.5, 0.6) is 5.75 Å². The normalized spacial score (nSPS) is 21.6. The average molecular weight is 293 g/mol. The number of aryl methyl sites for hydroxylation is 1. The van der Waals surface area contributed by atoms with Gasteiger partial charge in [0, 0.05) is 11.3 Å². The first-order valence-corrected chi connectivity index (χ1v) is 8.86. The molecule has 112 valence electrons. The maximum Gasteiger partial charge on any atom is 0.119 e. The molecule has 1 aromatic carbocycles. The number of thioether (sulfide) groups is 1. The van der Waals surface area contributed by atoms with Crippen LogP contribution in [-0.4, -0.2) is 24.7 Å². The highest BCUT2D eigenvalue weighted by molar-refractivity contribution is 7.99. The molecule has 2 unspecified atom stereocenters. The van der Waals surface area contributed by atoms with Crippen LogP contribution in [0.15, 0.2) is 18.2 Å². The molecule has 1 aromatic rings. The van der Waals surface area contributed by atoms with Gasteiger partial charge in [-0.25, -0.2) is 0 Å². The zero-order chi connectivity index (χ0) is 14.4. The molecule has 0 bridgehead atoms. The van der Waals surface area contributed by atoms with Gasteiger partial charge < -0.3 is 10.1 Å². The molecule has 0 saturated heterocycles. The van der Waals surface area contributed by atoms with Crippen LogP contribution in [0.3, 0.4) is 0 Å². The lowest BCUT2D eigenvalue weighted by molar-refractivity contribution is 0.410. The molecular weight excluding hydrogens is 266 g/mol. The van der Waals surface area contributed by atoms with Crippen LogP contribution in [0.4, 0.5) is 0 Å². The minimum Gasteiger partial charge on any atom is -0.497 e. The SMILES string of the molecule is CCCNC1c2cc(OC)ccc2CCC1SCCC. The fraction of sp³-hybridized carbons (Fsp3) is 0.647. The lowest BCUT2D eigenvalue weighted by atomic mass is 9.87. The van der Waals surface area contributed by atoms with Crippen LogP contribution in [0, 0.1) is 0 Å². The molecule has 0 heterocycles. The highest BCUT2D eigenvalue weighted by Gasteiger charge is 2.29. The van der Waals surface area contributed by atoms with Crippen LogP contribution in [-0.2, 0) is 6.42 Å². The fourth-order valence-electron chi connectivity index (χ4n) is 2.87. The molecule has 0 radical (unpaired) electrons. The Bertz CT molecular complexity index is 421. The van der Waals surface area contributed by atoms with Crippen LogP contribution in [0.2, 0.25) is 0 Å². The van der Waals surface area contributed by atoms with E-state index in [1.807, 2.05) is 0 Å². The smallest absolute Gasteiger partial charge is 0.119 e. The Morgan fingerprint density at radius 2 is 2.15 bits per heavy atom. The van der Waals surface area contributed by atoms with E-state index in [1.165, 1.54) is 42.6 Å². The molecule has 0 fully saturated rings. The van der Waals surface area contributed by atoms with Crippen molar-refractivity contribution in [2.24, 2.45) is 0 Å². The van der Waals surface area contributed by atoms with Crippen LogP contribution in [0.25, 0.3) is 0 Å². The van der Waals surface area contributed by atoms with Crippen molar-refractivity contribution in [3.63, 3.8) is 0 Å². The Balaban J connectivity index is 2.22. The third-order valence-corrected chi connectivity index (χ3v) is 5.49. The largest absolute Gasteiger partial charge is 0.497 e. The zero-order valence-electron chi connectivity index (χ0n) is 12.9. The minimum absolute atomic E-state index is 0.477. The summed E-state index contributed by atoms with van der Waals surface area (Å²) in [6.07, 6.45) is 4.92.